The molecule has 1 atom stereocenters. The van der Waals surface area contributed by atoms with E-state index in [1.54, 1.807) is 37.4 Å². The molecule has 108 valence electrons. The van der Waals surface area contributed by atoms with E-state index in [2.05, 4.69) is 9.71 Å². The molecule has 1 heterocycles. The predicted octanol–water partition coefficient (Wildman–Crippen LogP) is 1.82. The Morgan fingerprint density at radius 2 is 2.15 bits per heavy atom. The average molecular weight is 312 g/mol. The first-order valence-electron chi connectivity index (χ1n) is 6.08. The minimum atomic E-state index is -3.45. The first-order chi connectivity index (χ1) is 9.50. The third-order valence-electron chi connectivity index (χ3n) is 2.71. The summed E-state index contributed by atoms with van der Waals surface area (Å²) in [5.74, 6) is -0.115. The molecule has 0 bridgehead atoms. The zero-order chi connectivity index (χ0) is 14.6. The highest BCUT2D eigenvalue weighted by atomic mass is 32.2. The maximum atomic E-state index is 12.1. The summed E-state index contributed by atoms with van der Waals surface area (Å²) in [6.07, 6.45) is 1.65. The lowest BCUT2D eigenvalue weighted by Crippen LogP contribution is -2.28. The van der Waals surface area contributed by atoms with E-state index in [1.807, 2.05) is 5.38 Å². The van der Waals surface area contributed by atoms with Crippen molar-refractivity contribution in [2.24, 2.45) is 0 Å². The van der Waals surface area contributed by atoms with Crippen molar-refractivity contribution in [3.8, 4) is 0 Å². The maximum absolute atomic E-state index is 12.1. The van der Waals surface area contributed by atoms with Crippen molar-refractivity contribution in [2.75, 3.05) is 0 Å². The highest BCUT2D eigenvalue weighted by molar-refractivity contribution is 7.88. The van der Waals surface area contributed by atoms with E-state index in [0.29, 0.717) is 11.1 Å². The first kappa shape index (κ1) is 15.1. The Hall–Kier alpha value is -1.28. The van der Waals surface area contributed by atoms with E-state index in [0.717, 1.165) is 5.01 Å². The largest absolute Gasteiger partial charge is 0.392 e. The van der Waals surface area contributed by atoms with E-state index >= 15 is 0 Å². The lowest BCUT2D eigenvalue weighted by molar-refractivity contribution is 0.282. The minimum absolute atomic E-state index is 0.100. The number of hydrogen-bond donors (Lipinski definition) is 2. The van der Waals surface area contributed by atoms with Gasteiger partial charge in [-0.1, -0.05) is 24.3 Å². The zero-order valence-corrected chi connectivity index (χ0v) is 12.6. The number of aromatic nitrogens is 1. The Morgan fingerprint density at radius 3 is 2.80 bits per heavy atom. The van der Waals surface area contributed by atoms with Gasteiger partial charge in [0.2, 0.25) is 10.0 Å². The van der Waals surface area contributed by atoms with Crippen LogP contribution < -0.4 is 4.72 Å². The number of sulfonamides is 1. The highest BCUT2D eigenvalue weighted by Crippen LogP contribution is 2.17. The van der Waals surface area contributed by atoms with Crippen LogP contribution in [0.1, 0.15) is 29.1 Å². The summed E-state index contributed by atoms with van der Waals surface area (Å²) in [4.78, 5) is 4.09. The fourth-order valence-electron chi connectivity index (χ4n) is 1.85. The van der Waals surface area contributed by atoms with E-state index in [-0.39, 0.29) is 18.4 Å². The fraction of sp³-hybridized carbons (Fsp3) is 0.308. The van der Waals surface area contributed by atoms with Crippen LogP contribution in [0.5, 0.6) is 0 Å². The van der Waals surface area contributed by atoms with Crippen LogP contribution in [0.4, 0.5) is 0 Å². The quantitative estimate of drug-likeness (QED) is 0.852. The van der Waals surface area contributed by atoms with Gasteiger partial charge in [-0.05, 0) is 18.1 Å². The molecule has 0 radical (unpaired) electrons. The van der Waals surface area contributed by atoms with Crippen LogP contribution in [0.15, 0.2) is 35.8 Å². The number of hydrogen-bond acceptors (Lipinski definition) is 5. The monoisotopic (exact) mass is 312 g/mol. The predicted molar refractivity (Wildman–Crippen MR) is 78.7 cm³/mol. The molecule has 0 aliphatic carbocycles. The molecule has 1 aromatic carbocycles. The lowest BCUT2D eigenvalue weighted by Gasteiger charge is -2.12. The van der Waals surface area contributed by atoms with Gasteiger partial charge in [0.25, 0.3) is 0 Å². The summed E-state index contributed by atoms with van der Waals surface area (Å²) in [6, 6.07) is 6.56. The molecule has 5 nitrogen and oxygen atoms in total. The third-order valence-corrected chi connectivity index (χ3v) is 5.09. The second kappa shape index (κ2) is 6.45. The Labute approximate surface area is 122 Å². The van der Waals surface area contributed by atoms with Crippen molar-refractivity contribution < 1.29 is 13.5 Å². The summed E-state index contributed by atoms with van der Waals surface area (Å²) in [6.45, 7) is 1.66. The minimum Gasteiger partial charge on any atom is -0.392 e. The van der Waals surface area contributed by atoms with Gasteiger partial charge in [0, 0.05) is 11.6 Å². The van der Waals surface area contributed by atoms with E-state index < -0.39 is 10.0 Å². The van der Waals surface area contributed by atoms with E-state index in [1.165, 1.54) is 11.3 Å². The molecule has 1 unspecified atom stereocenters. The molecule has 2 aromatic rings. The van der Waals surface area contributed by atoms with Crippen molar-refractivity contribution in [1.82, 2.24) is 9.71 Å². The number of nitrogens with zero attached hydrogens (tertiary/aromatic N) is 1. The molecule has 0 fully saturated rings. The average Bonchev–Trinajstić information content (AvgIpc) is 2.91. The molecule has 0 aliphatic rings. The van der Waals surface area contributed by atoms with Crippen molar-refractivity contribution in [2.45, 2.75) is 25.3 Å². The van der Waals surface area contributed by atoms with Gasteiger partial charge in [-0.25, -0.2) is 18.1 Å². The summed E-state index contributed by atoms with van der Waals surface area (Å²) in [7, 11) is -3.45. The number of thiazole rings is 1. The van der Waals surface area contributed by atoms with Crippen molar-refractivity contribution in [1.29, 1.82) is 0 Å². The van der Waals surface area contributed by atoms with Gasteiger partial charge in [0.05, 0.1) is 18.4 Å². The third kappa shape index (κ3) is 4.11. The van der Waals surface area contributed by atoms with Crippen LogP contribution in [0.25, 0.3) is 0 Å². The Balaban J connectivity index is 2.07. The first-order valence-corrected chi connectivity index (χ1v) is 8.61. The van der Waals surface area contributed by atoms with Crippen LogP contribution in [0.3, 0.4) is 0 Å². The second-order valence-electron chi connectivity index (χ2n) is 4.45. The molecular formula is C13H16N2O3S2. The zero-order valence-electron chi connectivity index (χ0n) is 11.0. The van der Waals surface area contributed by atoms with Crippen LogP contribution in [0, 0.1) is 0 Å². The SMILES string of the molecule is CC(NS(=O)(=O)Cc1cccc(CO)c1)c1nccs1. The summed E-state index contributed by atoms with van der Waals surface area (Å²) >= 11 is 1.41. The molecule has 0 amide bonds. The van der Waals surface area contributed by atoms with Gasteiger partial charge in [0.15, 0.2) is 0 Å². The number of nitrogens with one attached hydrogen (secondary N) is 1. The number of aliphatic hydroxyl groups excluding tert-OH is 1. The van der Waals surface area contributed by atoms with Gasteiger partial charge in [-0.3, -0.25) is 0 Å². The number of rotatable bonds is 6. The smallest absolute Gasteiger partial charge is 0.216 e. The Morgan fingerprint density at radius 1 is 1.40 bits per heavy atom. The summed E-state index contributed by atoms with van der Waals surface area (Å²) < 4.78 is 26.8. The molecule has 0 aliphatic heterocycles. The standard InChI is InChI=1S/C13H16N2O3S2/c1-10(13-14-5-6-19-13)15-20(17,18)9-12-4-2-3-11(7-12)8-16/h2-7,10,15-16H,8-9H2,1H3. The Kier molecular flexibility index (Phi) is 4.87. The van der Waals surface area contributed by atoms with Crippen LogP contribution in [-0.2, 0) is 22.4 Å². The highest BCUT2D eigenvalue weighted by Gasteiger charge is 2.18. The van der Waals surface area contributed by atoms with E-state index in [9.17, 15) is 8.42 Å². The van der Waals surface area contributed by atoms with Crippen molar-refractivity contribution >= 4 is 21.4 Å². The van der Waals surface area contributed by atoms with Gasteiger partial charge in [-0.15, -0.1) is 11.3 Å². The molecule has 20 heavy (non-hydrogen) atoms. The topological polar surface area (TPSA) is 79.3 Å². The molecule has 1 aromatic heterocycles. The Bertz CT molecular complexity index is 654. The van der Waals surface area contributed by atoms with Crippen LogP contribution in [0.2, 0.25) is 0 Å². The molecule has 2 rings (SSSR count). The molecule has 7 heteroatoms. The maximum Gasteiger partial charge on any atom is 0.216 e. The van der Waals surface area contributed by atoms with Gasteiger partial charge in [0.1, 0.15) is 5.01 Å². The second-order valence-corrected chi connectivity index (χ2v) is 7.13. The van der Waals surface area contributed by atoms with Crippen LogP contribution >= 0.6 is 11.3 Å². The van der Waals surface area contributed by atoms with E-state index in [4.69, 9.17) is 5.11 Å². The van der Waals surface area contributed by atoms with Gasteiger partial charge in [-0.2, -0.15) is 0 Å². The fourth-order valence-corrected chi connectivity index (χ4v) is 3.92. The summed E-state index contributed by atoms with van der Waals surface area (Å²) in [5.41, 5.74) is 1.35. The lowest BCUT2D eigenvalue weighted by atomic mass is 10.1. The summed E-state index contributed by atoms with van der Waals surface area (Å²) in [5, 5.41) is 11.6. The van der Waals surface area contributed by atoms with Gasteiger partial charge < -0.3 is 5.11 Å². The molecule has 0 spiro atoms. The molecule has 0 saturated carbocycles. The number of aliphatic hydroxyl groups is 1. The van der Waals surface area contributed by atoms with Crippen molar-refractivity contribution in [3.05, 3.63) is 52.0 Å². The van der Waals surface area contributed by atoms with Gasteiger partial charge >= 0.3 is 0 Å². The number of benzene rings is 1. The normalized spacial score (nSPS) is 13.3. The molecule has 2 N–H and O–H groups in total. The molecular weight excluding hydrogens is 296 g/mol. The van der Waals surface area contributed by atoms with Crippen molar-refractivity contribution in [3.63, 3.8) is 0 Å². The molecule has 0 saturated heterocycles. The van der Waals surface area contributed by atoms with Crippen LogP contribution in [-0.4, -0.2) is 18.5 Å².